The highest BCUT2D eigenvalue weighted by Crippen LogP contribution is 2.21. The van der Waals surface area contributed by atoms with Crippen molar-refractivity contribution in [2.24, 2.45) is 11.7 Å². The number of anilines is 1. The average molecular weight is 282 g/mol. The Morgan fingerprint density at radius 3 is 3.05 bits per heavy atom. The molecular weight excluding hydrogens is 260 g/mol. The Balaban J connectivity index is 1.86. The zero-order chi connectivity index (χ0) is 13.8. The van der Waals surface area contributed by atoms with Crippen LogP contribution in [0.15, 0.2) is 5.38 Å². The molecular formula is C13H22N4OS. The maximum Gasteiger partial charge on any atom is 0.240 e. The third-order valence-corrected chi connectivity index (χ3v) is 4.53. The van der Waals surface area contributed by atoms with E-state index >= 15 is 0 Å². The molecule has 1 saturated heterocycles. The highest BCUT2D eigenvalue weighted by molar-refractivity contribution is 7.13. The van der Waals surface area contributed by atoms with Crippen LogP contribution in [0.2, 0.25) is 0 Å². The molecule has 1 amide bonds. The maximum absolute atomic E-state index is 12.0. The molecule has 6 heteroatoms. The second-order valence-electron chi connectivity index (χ2n) is 5.30. The van der Waals surface area contributed by atoms with Gasteiger partial charge in [-0.3, -0.25) is 9.69 Å². The van der Waals surface area contributed by atoms with Crippen molar-refractivity contribution in [3.05, 3.63) is 11.1 Å². The number of likely N-dealkylation sites (tertiary alicyclic amines) is 1. The molecule has 19 heavy (non-hydrogen) atoms. The van der Waals surface area contributed by atoms with Gasteiger partial charge in [0.05, 0.1) is 12.2 Å². The molecule has 1 fully saturated rings. The highest BCUT2D eigenvalue weighted by Gasteiger charge is 2.26. The first kappa shape index (κ1) is 14.4. The molecule has 1 aliphatic heterocycles. The summed E-state index contributed by atoms with van der Waals surface area (Å²) in [6.45, 7) is 6.15. The van der Waals surface area contributed by atoms with Gasteiger partial charge in [-0.1, -0.05) is 0 Å². The van der Waals surface area contributed by atoms with Crippen LogP contribution in [-0.4, -0.2) is 41.5 Å². The highest BCUT2D eigenvalue weighted by atomic mass is 32.1. The number of nitrogens with two attached hydrogens (primary N) is 1. The third kappa shape index (κ3) is 3.99. The van der Waals surface area contributed by atoms with Crippen LogP contribution in [0.25, 0.3) is 0 Å². The molecule has 3 N–H and O–H groups in total. The van der Waals surface area contributed by atoms with E-state index in [1.165, 1.54) is 17.8 Å². The van der Waals surface area contributed by atoms with E-state index in [-0.39, 0.29) is 5.91 Å². The fraction of sp³-hybridized carbons (Fsp3) is 0.692. The lowest BCUT2D eigenvalue weighted by atomic mass is 9.93. The van der Waals surface area contributed by atoms with E-state index in [1.807, 2.05) is 12.3 Å². The third-order valence-electron chi connectivity index (χ3n) is 3.65. The second kappa shape index (κ2) is 6.45. The Bertz CT molecular complexity index is 434. The summed E-state index contributed by atoms with van der Waals surface area (Å²) in [6.07, 6.45) is 2.28. The molecule has 0 radical (unpaired) electrons. The van der Waals surface area contributed by atoms with Gasteiger partial charge in [-0.25, -0.2) is 4.98 Å². The average Bonchev–Trinajstić information content (AvgIpc) is 2.77. The minimum Gasteiger partial charge on any atom is -0.330 e. The van der Waals surface area contributed by atoms with E-state index in [0.29, 0.717) is 30.2 Å². The van der Waals surface area contributed by atoms with Crippen molar-refractivity contribution in [3.8, 4) is 0 Å². The summed E-state index contributed by atoms with van der Waals surface area (Å²) >= 11 is 1.46. The van der Waals surface area contributed by atoms with Crippen molar-refractivity contribution in [1.29, 1.82) is 0 Å². The molecule has 2 heterocycles. The lowest BCUT2D eigenvalue weighted by molar-refractivity contribution is -0.118. The van der Waals surface area contributed by atoms with E-state index in [4.69, 9.17) is 5.73 Å². The van der Waals surface area contributed by atoms with Crippen molar-refractivity contribution in [3.63, 3.8) is 0 Å². The largest absolute Gasteiger partial charge is 0.330 e. The van der Waals surface area contributed by atoms with Crippen LogP contribution in [0.4, 0.5) is 5.13 Å². The molecule has 0 aliphatic carbocycles. The molecule has 0 aromatic carbocycles. The van der Waals surface area contributed by atoms with Crippen LogP contribution in [0, 0.1) is 12.8 Å². The van der Waals surface area contributed by atoms with Crippen molar-refractivity contribution in [2.75, 3.05) is 25.0 Å². The van der Waals surface area contributed by atoms with Gasteiger partial charge in [0, 0.05) is 18.0 Å². The standard InChI is InChI=1S/C13H22N4OS/c1-9-8-19-13(15-9)16-12(18)7-17-6-11(5-14)4-3-10(17)2/h8,10-11H,3-7,14H2,1-2H3,(H,15,16,18). The van der Waals surface area contributed by atoms with E-state index in [1.54, 1.807) is 0 Å². The van der Waals surface area contributed by atoms with Gasteiger partial charge in [-0.15, -0.1) is 11.3 Å². The number of aryl methyl sites for hydroxylation is 1. The lowest BCUT2D eigenvalue weighted by Crippen LogP contribution is -2.47. The summed E-state index contributed by atoms with van der Waals surface area (Å²) in [6, 6.07) is 0.451. The molecule has 106 valence electrons. The minimum absolute atomic E-state index is 0.0128. The number of hydrogen-bond donors (Lipinski definition) is 2. The number of carbonyl (C=O) groups is 1. The second-order valence-corrected chi connectivity index (χ2v) is 6.16. The van der Waals surface area contributed by atoms with Gasteiger partial charge in [0.15, 0.2) is 5.13 Å². The quantitative estimate of drug-likeness (QED) is 0.877. The predicted molar refractivity (Wildman–Crippen MR) is 78.3 cm³/mol. The maximum atomic E-state index is 12.0. The van der Waals surface area contributed by atoms with Gasteiger partial charge >= 0.3 is 0 Å². The topological polar surface area (TPSA) is 71.2 Å². The molecule has 2 atom stereocenters. The van der Waals surface area contributed by atoms with Gasteiger partial charge in [-0.2, -0.15) is 0 Å². The summed E-state index contributed by atoms with van der Waals surface area (Å²) in [5.41, 5.74) is 6.67. The van der Waals surface area contributed by atoms with Crippen molar-refractivity contribution in [1.82, 2.24) is 9.88 Å². The molecule has 0 spiro atoms. The smallest absolute Gasteiger partial charge is 0.240 e. The van der Waals surface area contributed by atoms with E-state index in [2.05, 4.69) is 22.1 Å². The van der Waals surface area contributed by atoms with Gasteiger partial charge in [-0.05, 0) is 39.2 Å². The first-order chi connectivity index (χ1) is 9.08. The Labute approximate surface area is 118 Å². The van der Waals surface area contributed by atoms with Crippen LogP contribution in [0.5, 0.6) is 0 Å². The fourth-order valence-electron chi connectivity index (χ4n) is 2.43. The Morgan fingerprint density at radius 2 is 2.42 bits per heavy atom. The van der Waals surface area contributed by atoms with Gasteiger partial charge in [0.2, 0.25) is 5.91 Å². The number of nitrogens with one attached hydrogen (secondary N) is 1. The van der Waals surface area contributed by atoms with Crippen molar-refractivity contribution in [2.45, 2.75) is 32.7 Å². The van der Waals surface area contributed by atoms with Gasteiger partial charge in [0.25, 0.3) is 0 Å². The van der Waals surface area contributed by atoms with Crippen molar-refractivity contribution < 1.29 is 4.79 Å². The first-order valence-electron chi connectivity index (χ1n) is 6.74. The predicted octanol–water partition coefficient (Wildman–Crippen LogP) is 1.45. The number of rotatable bonds is 4. The monoisotopic (exact) mass is 282 g/mol. The Kier molecular flexibility index (Phi) is 4.90. The lowest BCUT2D eigenvalue weighted by Gasteiger charge is -2.37. The Morgan fingerprint density at radius 1 is 1.63 bits per heavy atom. The molecule has 2 rings (SSSR count). The van der Waals surface area contributed by atoms with E-state index in [0.717, 1.165) is 18.7 Å². The summed E-state index contributed by atoms with van der Waals surface area (Å²) in [5, 5.41) is 5.48. The molecule has 2 unspecified atom stereocenters. The summed E-state index contributed by atoms with van der Waals surface area (Å²) in [7, 11) is 0. The fourth-order valence-corrected chi connectivity index (χ4v) is 3.13. The number of amides is 1. The number of thiazole rings is 1. The van der Waals surface area contributed by atoms with Crippen LogP contribution in [0.3, 0.4) is 0 Å². The van der Waals surface area contributed by atoms with Crippen LogP contribution < -0.4 is 11.1 Å². The van der Waals surface area contributed by atoms with Gasteiger partial charge in [0.1, 0.15) is 0 Å². The molecule has 1 aromatic rings. The zero-order valence-electron chi connectivity index (χ0n) is 11.6. The minimum atomic E-state index is 0.0128. The first-order valence-corrected chi connectivity index (χ1v) is 7.62. The number of carbonyl (C=O) groups excluding carboxylic acids is 1. The van der Waals surface area contributed by atoms with E-state index < -0.39 is 0 Å². The van der Waals surface area contributed by atoms with Gasteiger partial charge < -0.3 is 11.1 Å². The molecule has 1 aromatic heterocycles. The van der Waals surface area contributed by atoms with E-state index in [9.17, 15) is 4.79 Å². The molecule has 0 bridgehead atoms. The zero-order valence-corrected chi connectivity index (χ0v) is 12.4. The summed E-state index contributed by atoms with van der Waals surface area (Å²) in [5.74, 6) is 0.532. The normalized spacial score (nSPS) is 24.4. The number of hydrogen-bond acceptors (Lipinski definition) is 5. The SMILES string of the molecule is Cc1csc(NC(=O)CN2CC(CN)CCC2C)n1. The van der Waals surface area contributed by atoms with Crippen molar-refractivity contribution >= 4 is 22.4 Å². The number of piperidine rings is 1. The molecule has 5 nitrogen and oxygen atoms in total. The molecule has 1 aliphatic rings. The van der Waals surface area contributed by atoms with Crippen LogP contribution >= 0.6 is 11.3 Å². The summed E-state index contributed by atoms with van der Waals surface area (Å²) < 4.78 is 0. The van der Waals surface area contributed by atoms with Crippen LogP contribution in [0.1, 0.15) is 25.5 Å². The Hall–Kier alpha value is -0.980. The summed E-state index contributed by atoms with van der Waals surface area (Å²) in [4.78, 5) is 18.5. The molecule has 0 saturated carbocycles. The van der Waals surface area contributed by atoms with Crippen LogP contribution in [-0.2, 0) is 4.79 Å². The number of nitrogens with zero attached hydrogens (tertiary/aromatic N) is 2. The number of aromatic nitrogens is 1.